The molecule has 3 saturated heterocycles. The van der Waals surface area contributed by atoms with E-state index in [9.17, 15) is 0 Å². The second-order valence-corrected chi connectivity index (χ2v) is 6.50. The third kappa shape index (κ3) is 19.2. The minimum absolute atomic E-state index is 0.171. The maximum absolute atomic E-state index is 8.36. The van der Waals surface area contributed by atoms with Gasteiger partial charge < -0.3 is 24.2 Å². The number of rotatable bonds is 4. The highest BCUT2D eigenvalue weighted by molar-refractivity contribution is 6.18. The van der Waals surface area contributed by atoms with Gasteiger partial charge in [-0.05, 0) is 25.2 Å². The van der Waals surface area contributed by atoms with Gasteiger partial charge in [-0.2, -0.15) is 10.5 Å². The molecule has 7 nitrogen and oxygen atoms in total. The molecule has 3 aliphatic heterocycles. The van der Waals surface area contributed by atoms with Crippen LogP contribution in [-0.2, 0) is 14.2 Å². The van der Waals surface area contributed by atoms with E-state index in [1.54, 1.807) is 6.07 Å². The smallest absolute Gasteiger partial charge is 0.217 e. The van der Waals surface area contributed by atoms with E-state index in [4.69, 9.17) is 48.0 Å². The zero-order chi connectivity index (χ0) is 20.3. The normalized spacial score (nSPS) is 27.6. The Morgan fingerprint density at radius 2 is 1.74 bits per heavy atom. The summed E-state index contributed by atoms with van der Waals surface area (Å²) >= 11 is 5.27. The molecule has 0 bridgehead atoms. The number of nitrogens with zero attached hydrogens (tertiary/aromatic N) is 3. The molecule has 4 aliphatic rings. The van der Waals surface area contributed by atoms with E-state index in [0.29, 0.717) is 30.6 Å². The van der Waals surface area contributed by atoms with E-state index in [0.717, 1.165) is 39.3 Å². The fourth-order valence-electron chi connectivity index (χ4n) is 1.72. The van der Waals surface area contributed by atoms with Gasteiger partial charge in [-0.25, -0.2) is 6.57 Å². The van der Waals surface area contributed by atoms with Crippen molar-refractivity contribution < 1.29 is 19.3 Å². The average Bonchev–Trinajstić information content (AvgIpc) is 3.60. The highest BCUT2D eigenvalue weighted by Gasteiger charge is 2.36. The van der Waals surface area contributed by atoms with Crippen LogP contribution < -0.4 is 0 Å². The molecule has 0 unspecified atom stereocenters. The lowest BCUT2D eigenvalue weighted by molar-refractivity contribution is 0.198. The summed E-state index contributed by atoms with van der Waals surface area (Å²) in [6.07, 6.45) is 5.24. The molecule has 1 saturated carbocycles. The number of ether oxygens (including phenoxy) is 3. The maximum Gasteiger partial charge on any atom is 0.217 e. The van der Waals surface area contributed by atoms with Crippen molar-refractivity contribution in [3.63, 3.8) is 0 Å². The van der Waals surface area contributed by atoms with Crippen molar-refractivity contribution in [2.24, 2.45) is 11.8 Å². The summed E-state index contributed by atoms with van der Waals surface area (Å²) in [5, 5.41) is 23.8. The predicted octanol–water partition coefficient (Wildman–Crippen LogP) is 2.78. The number of halogens is 1. The van der Waals surface area contributed by atoms with Gasteiger partial charge in [0, 0.05) is 33.2 Å². The molecule has 4 rings (SSSR count). The molecule has 4 fully saturated rings. The van der Waals surface area contributed by atoms with E-state index >= 15 is 0 Å². The van der Waals surface area contributed by atoms with E-state index in [1.165, 1.54) is 19.8 Å². The first kappa shape index (κ1) is 25.6. The highest BCUT2D eigenvalue weighted by Crippen LogP contribution is 2.36. The largest absolute Gasteiger partial charge is 0.396 e. The SMILES string of the molecule is C1CCOC1.CC#N.ClC[C@@H]1CO1.N#C[C@@H]1C[C@@H]1CO.[C-]#[N+]CC[C@H]1CO1. The molecule has 0 aromatic carbocycles. The van der Waals surface area contributed by atoms with Crippen LogP contribution in [0.25, 0.3) is 4.85 Å². The van der Waals surface area contributed by atoms with Crippen LogP contribution >= 0.6 is 11.6 Å². The van der Waals surface area contributed by atoms with E-state index in [-0.39, 0.29) is 12.5 Å². The Bertz CT molecular complexity index is 467. The van der Waals surface area contributed by atoms with Crippen molar-refractivity contribution in [3.8, 4) is 12.1 Å². The number of epoxide rings is 2. The van der Waals surface area contributed by atoms with Gasteiger partial charge >= 0.3 is 0 Å². The van der Waals surface area contributed by atoms with Crippen molar-refractivity contribution in [3.05, 3.63) is 11.4 Å². The quantitative estimate of drug-likeness (QED) is 0.442. The number of aliphatic hydroxyl groups is 1. The van der Waals surface area contributed by atoms with Gasteiger partial charge in [0.2, 0.25) is 6.54 Å². The van der Waals surface area contributed by atoms with Gasteiger partial charge in [0.1, 0.15) is 0 Å². The first-order valence-electron chi connectivity index (χ1n) is 9.18. The molecule has 8 heteroatoms. The minimum atomic E-state index is 0.171. The summed E-state index contributed by atoms with van der Waals surface area (Å²) < 4.78 is 14.5. The molecule has 0 radical (unpaired) electrons. The van der Waals surface area contributed by atoms with E-state index in [2.05, 4.69) is 10.9 Å². The van der Waals surface area contributed by atoms with Gasteiger partial charge in [-0.1, -0.05) is 0 Å². The van der Waals surface area contributed by atoms with Crippen LogP contribution in [0.3, 0.4) is 0 Å². The lowest BCUT2D eigenvalue weighted by atomic mass is 10.3. The predicted molar refractivity (Wildman–Crippen MR) is 102 cm³/mol. The van der Waals surface area contributed by atoms with Crippen molar-refractivity contribution in [1.29, 1.82) is 10.5 Å². The van der Waals surface area contributed by atoms with E-state index < -0.39 is 0 Å². The zero-order valence-electron chi connectivity index (χ0n) is 16.0. The van der Waals surface area contributed by atoms with Crippen LogP contribution in [0, 0.1) is 41.1 Å². The third-order valence-electron chi connectivity index (χ3n) is 3.69. The monoisotopic (exact) mass is 399 g/mol. The zero-order valence-corrected chi connectivity index (χ0v) is 16.7. The Morgan fingerprint density at radius 3 is 1.93 bits per heavy atom. The summed E-state index contributed by atoms with van der Waals surface area (Å²) in [7, 11) is 0. The number of nitriles is 2. The number of alkyl halides is 1. The second kappa shape index (κ2) is 18.0. The average molecular weight is 400 g/mol. The minimum Gasteiger partial charge on any atom is -0.396 e. The first-order chi connectivity index (χ1) is 13.2. The van der Waals surface area contributed by atoms with E-state index in [1.807, 2.05) is 0 Å². The molecule has 0 aromatic heterocycles. The molecule has 152 valence electrons. The number of hydrogen-bond donors (Lipinski definition) is 1. The molecule has 0 amide bonds. The fraction of sp³-hybridized carbons (Fsp3) is 0.842. The Morgan fingerprint density at radius 1 is 1.19 bits per heavy atom. The van der Waals surface area contributed by atoms with Crippen LogP contribution in [-0.4, -0.2) is 62.8 Å². The first-order valence-corrected chi connectivity index (χ1v) is 9.71. The molecule has 1 N–H and O–H groups in total. The van der Waals surface area contributed by atoms with Crippen LogP contribution in [0.1, 0.15) is 32.6 Å². The fourth-order valence-corrected chi connectivity index (χ4v) is 1.90. The molecule has 4 atom stereocenters. The van der Waals surface area contributed by atoms with Gasteiger partial charge in [-0.3, -0.25) is 0 Å². The lowest BCUT2D eigenvalue weighted by Crippen LogP contribution is -1.85. The van der Waals surface area contributed by atoms with Crippen molar-refractivity contribution >= 4 is 11.6 Å². The number of aliphatic hydroxyl groups excluding tert-OH is 1. The maximum atomic E-state index is 8.36. The Labute approximate surface area is 167 Å². The van der Waals surface area contributed by atoms with Crippen LogP contribution in [0.2, 0.25) is 0 Å². The molecule has 0 aromatic rings. The molecule has 0 spiro atoms. The van der Waals surface area contributed by atoms with Gasteiger partial charge in [0.25, 0.3) is 0 Å². The Hall–Kier alpha value is -1.40. The molecule has 1 aliphatic carbocycles. The topological polar surface area (TPSA) is 106 Å². The lowest BCUT2D eigenvalue weighted by Gasteiger charge is -1.77. The number of hydrogen-bond acceptors (Lipinski definition) is 6. The standard InChI is InChI=1S/2C5H7NO.C4H8O.C3H5ClO.C2H3N/c6-2-4-1-5(4)3-7;1-6-3-2-5-4-7-5;1-2-4-5-3-1;4-1-3-2-5-3;1-2-3/h4-5,7H,1,3H2;5H,2-4H2;1-4H2;3H,1-2H2;1H3/t4-,5+;5-;;3-;/m00.1./s1. The summed E-state index contributed by atoms with van der Waals surface area (Å²) in [5.41, 5.74) is 0. The van der Waals surface area contributed by atoms with Crippen LogP contribution in [0.4, 0.5) is 0 Å². The molecule has 3 heterocycles. The summed E-state index contributed by atoms with van der Waals surface area (Å²) in [4.78, 5) is 3.19. The summed E-state index contributed by atoms with van der Waals surface area (Å²) in [5.74, 6) is 1.15. The molecular formula is C19H30ClN3O4. The van der Waals surface area contributed by atoms with Gasteiger partial charge in [0.15, 0.2) is 0 Å². The Balaban J connectivity index is 0.000000322. The third-order valence-corrected chi connectivity index (χ3v) is 4.03. The van der Waals surface area contributed by atoms with Gasteiger partial charge in [0.05, 0.1) is 49.4 Å². The summed E-state index contributed by atoms with van der Waals surface area (Å²) in [6, 6.07) is 3.83. The van der Waals surface area contributed by atoms with Crippen LogP contribution in [0.15, 0.2) is 0 Å². The highest BCUT2D eigenvalue weighted by atomic mass is 35.5. The molecule has 27 heavy (non-hydrogen) atoms. The molecular weight excluding hydrogens is 370 g/mol. The van der Waals surface area contributed by atoms with Gasteiger partial charge in [-0.15, -0.1) is 11.6 Å². The van der Waals surface area contributed by atoms with Crippen molar-refractivity contribution in [1.82, 2.24) is 0 Å². The Kier molecular flexibility index (Phi) is 17.1. The second-order valence-electron chi connectivity index (χ2n) is 6.19. The van der Waals surface area contributed by atoms with Crippen molar-refractivity contribution in [2.75, 3.05) is 45.5 Å². The van der Waals surface area contributed by atoms with Crippen molar-refractivity contribution in [2.45, 2.75) is 44.8 Å². The van der Waals surface area contributed by atoms with Crippen LogP contribution in [0.5, 0.6) is 0 Å². The summed E-state index contributed by atoms with van der Waals surface area (Å²) in [6.45, 7) is 12.4.